The fourth-order valence-corrected chi connectivity index (χ4v) is 2.87. The lowest BCUT2D eigenvalue weighted by atomic mass is 10.2. The van der Waals surface area contributed by atoms with Crippen molar-refractivity contribution in [1.82, 2.24) is 14.8 Å². The van der Waals surface area contributed by atoms with Gasteiger partial charge in [0.25, 0.3) is 0 Å². The number of piperazine rings is 1. The molecule has 0 radical (unpaired) electrons. The number of pyridine rings is 1. The molecule has 1 saturated heterocycles. The zero-order valence-electron chi connectivity index (χ0n) is 11.9. The molecule has 0 atom stereocenters. The minimum absolute atomic E-state index is 0.0367. The maximum absolute atomic E-state index is 13.5. The topological polar surface area (TPSA) is 53.5 Å². The van der Waals surface area contributed by atoms with Gasteiger partial charge in [0, 0.05) is 51.1 Å². The van der Waals surface area contributed by atoms with Gasteiger partial charge in [-0.1, -0.05) is 0 Å². The molecule has 0 saturated carbocycles. The summed E-state index contributed by atoms with van der Waals surface area (Å²) in [4.78, 5) is 7.47. The third kappa shape index (κ3) is 4.98. The lowest BCUT2D eigenvalue weighted by molar-refractivity contribution is 0.130. The third-order valence-corrected chi connectivity index (χ3v) is 4.50. The van der Waals surface area contributed by atoms with Gasteiger partial charge in [-0.15, -0.1) is 0 Å². The van der Waals surface area contributed by atoms with Crippen LogP contribution in [0.3, 0.4) is 0 Å². The highest BCUT2D eigenvalue weighted by molar-refractivity contribution is 7.90. The van der Waals surface area contributed by atoms with Crippen molar-refractivity contribution < 1.29 is 17.2 Å². The Labute approximate surface area is 123 Å². The summed E-state index contributed by atoms with van der Waals surface area (Å²) < 4.78 is 49.3. The van der Waals surface area contributed by atoms with Crippen LogP contribution in [-0.2, 0) is 16.4 Å². The summed E-state index contributed by atoms with van der Waals surface area (Å²) in [6.07, 6.45) is 3.25. The first-order valence-electron chi connectivity index (χ1n) is 6.75. The Hall–Kier alpha value is -1.12. The van der Waals surface area contributed by atoms with E-state index in [0.29, 0.717) is 32.7 Å². The second kappa shape index (κ2) is 6.76. The van der Waals surface area contributed by atoms with Gasteiger partial charge < -0.3 is 0 Å². The van der Waals surface area contributed by atoms with Crippen molar-refractivity contribution in [2.45, 2.75) is 6.54 Å². The van der Waals surface area contributed by atoms with Crippen LogP contribution >= 0.6 is 0 Å². The standard InChI is InChI=1S/C13H19F2N3O2S/c1-21(19,20)7-6-17-2-4-18(5-3-17)10-11-12(14)8-16-9-13(11)15/h8-9H,2-7,10H2,1H3. The van der Waals surface area contributed by atoms with E-state index in [1.807, 2.05) is 4.90 Å². The fraction of sp³-hybridized carbons (Fsp3) is 0.615. The van der Waals surface area contributed by atoms with E-state index in [-0.39, 0.29) is 17.9 Å². The molecule has 118 valence electrons. The Morgan fingerprint density at radius 2 is 1.62 bits per heavy atom. The molecule has 1 aliphatic heterocycles. The molecule has 0 spiro atoms. The van der Waals surface area contributed by atoms with Crippen molar-refractivity contribution in [3.63, 3.8) is 0 Å². The molecule has 1 aromatic rings. The van der Waals surface area contributed by atoms with E-state index >= 15 is 0 Å². The van der Waals surface area contributed by atoms with Gasteiger partial charge in [-0.2, -0.15) is 0 Å². The smallest absolute Gasteiger partial charge is 0.148 e. The molecule has 1 aliphatic rings. The number of halogens is 2. The van der Waals surface area contributed by atoms with Crippen molar-refractivity contribution in [2.24, 2.45) is 0 Å². The summed E-state index contributed by atoms with van der Waals surface area (Å²) in [7, 11) is -2.96. The van der Waals surface area contributed by atoms with Crippen LogP contribution in [0.15, 0.2) is 12.4 Å². The van der Waals surface area contributed by atoms with Crippen LogP contribution < -0.4 is 0 Å². The van der Waals surface area contributed by atoms with E-state index in [9.17, 15) is 17.2 Å². The second-order valence-electron chi connectivity index (χ2n) is 5.33. The molecule has 0 amide bonds. The van der Waals surface area contributed by atoms with Gasteiger partial charge in [0.15, 0.2) is 0 Å². The number of nitrogens with zero attached hydrogens (tertiary/aromatic N) is 3. The molecule has 8 heteroatoms. The number of aromatic nitrogens is 1. The van der Waals surface area contributed by atoms with Crippen molar-refractivity contribution >= 4 is 9.84 Å². The van der Waals surface area contributed by atoms with Crippen LogP contribution in [0, 0.1) is 11.6 Å². The number of hydrogen-bond donors (Lipinski definition) is 0. The summed E-state index contributed by atoms with van der Waals surface area (Å²) in [5.74, 6) is -1.12. The normalized spacial score (nSPS) is 18.0. The molecule has 0 aliphatic carbocycles. The lowest BCUT2D eigenvalue weighted by Gasteiger charge is -2.34. The largest absolute Gasteiger partial charge is 0.300 e. The quantitative estimate of drug-likeness (QED) is 0.792. The van der Waals surface area contributed by atoms with Gasteiger partial charge in [-0.3, -0.25) is 14.8 Å². The summed E-state index contributed by atoms with van der Waals surface area (Å²) >= 11 is 0. The Morgan fingerprint density at radius 1 is 1.10 bits per heavy atom. The Bertz CT molecular complexity index is 567. The Balaban J connectivity index is 1.84. The minimum Gasteiger partial charge on any atom is -0.300 e. The fourth-order valence-electron chi connectivity index (χ4n) is 2.28. The Morgan fingerprint density at radius 3 is 2.14 bits per heavy atom. The highest BCUT2D eigenvalue weighted by Gasteiger charge is 2.20. The summed E-state index contributed by atoms with van der Waals surface area (Å²) in [5, 5.41) is 0. The average molecular weight is 319 g/mol. The van der Waals surface area contributed by atoms with Crippen LogP contribution in [-0.4, -0.2) is 67.9 Å². The first kappa shape index (κ1) is 16.3. The first-order chi connectivity index (χ1) is 9.85. The molecule has 0 aromatic carbocycles. The molecular formula is C13H19F2N3O2S. The molecule has 2 heterocycles. The van der Waals surface area contributed by atoms with Gasteiger partial charge in [0.2, 0.25) is 0 Å². The van der Waals surface area contributed by atoms with Crippen LogP contribution in [0.25, 0.3) is 0 Å². The maximum Gasteiger partial charge on any atom is 0.148 e. The lowest BCUT2D eigenvalue weighted by Crippen LogP contribution is -2.47. The molecule has 1 aromatic heterocycles. The number of hydrogen-bond acceptors (Lipinski definition) is 5. The number of rotatable bonds is 5. The van der Waals surface area contributed by atoms with Gasteiger partial charge in [-0.25, -0.2) is 17.2 Å². The van der Waals surface area contributed by atoms with Gasteiger partial charge in [0.05, 0.1) is 18.1 Å². The molecule has 1 fully saturated rings. The molecule has 0 N–H and O–H groups in total. The van der Waals surface area contributed by atoms with E-state index < -0.39 is 21.5 Å². The molecule has 21 heavy (non-hydrogen) atoms. The Kier molecular flexibility index (Phi) is 5.23. The molecule has 2 rings (SSSR count). The zero-order valence-corrected chi connectivity index (χ0v) is 12.7. The molecular weight excluding hydrogens is 300 g/mol. The highest BCUT2D eigenvalue weighted by atomic mass is 32.2. The van der Waals surface area contributed by atoms with Crippen LogP contribution in [0.4, 0.5) is 8.78 Å². The average Bonchev–Trinajstić information content (AvgIpc) is 2.41. The van der Waals surface area contributed by atoms with E-state index in [1.54, 1.807) is 0 Å². The second-order valence-corrected chi connectivity index (χ2v) is 7.59. The molecule has 0 bridgehead atoms. The van der Waals surface area contributed by atoms with Crippen molar-refractivity contribution in [3.05, 3.63) is 29.6 Å². The van der Waals surface area contributed by atoms with Crippen molar-refractivity contribution in [2.75, 3.05) is 44.7 Å². The summed E-state index contributed by atoms with van der Waals surface area (Å²) in [6, 6.07) is 0. The predicted octanol–water partition coefficient (Wildman–Crippen LogP) is 0.522. The van der Waals surface area contributed by atoms with E-state index in [2.05, 4.69) is 9.88 Å². The monoisotopic (exact) mass is 319 g/mol. The highest BCUT2D eigenvalue weighted by Crippen LogP contribution is 2.14. The first-order valence-corrected chi connectivity index (χ1v) is 8.81. The maximum atomic E-state index is 13.5. The van der Waals surface area contributed by atoms with Gasteiger partial charge in [0.1, 0.15) is 21.5 Å². The molecule has 0 unspecified atom stereocenters. The molecule has 5 nitrogen and oxygen atoms in total. The SMILES string of the molecule is CS(=O)(=O)CCN1CCN(Cc2c(F)cncc2F)CC1. The van der Waals surface area contributed by atoms with Crippen molar-refractivity contribution in [1.29, 1.82) is 0 Å². The number of sulfone groups is 1. The third-order valence-electron chi connectivity index (χ3n) is 3.58. The van der Waals surface area contributed by atoms with Crippen molar-refractivity contribution in [3.8, 4) is 0 Å². The minimum atomic E-state index is -2.96. The summed E-state index contributed by atoms with van der Waals surface area (Å²) in [5.41, 5.74) is 0.0367. The van der Waals surface area contributed by atoms with E-state index in [1.165, 1.54) is 6.26 Å². The zero-order chi connectivity index (χ0) is 15.5. The van der Waals surface area contributed by atoms with Crippen LogP contribution in [0.1, 0.15) is 5.56 Å². The van der Waals surface area contributed by atoms with Crippen LogP contribution in [0.2, 0.25) is 0 Å². The van der Waals surface area contributed by atoms with Gasteiger partial charge >= 0.3 is 0 Å². The van der Waals surface area contributed by atoms with E-state index in [4.69, 9.17) is 0 Å². The van der Waals surface area contributed by atoms with E-state index in [0.717, 1.165) is 12.4 Å². The summed E-state index contributed by atoms with van der Waals surface area (Å²) in [6.45, 7) is 3.42. The van der Waals surface area contributed by atoms with Gasteiger partial charge in [-0.05, 0) is 0 Å². The van der Waals surface area contributed by atoms with Crippen LogP contribution in [0.5, 0.6) is 0 Å². The predicted molar refractivity (Wildman–Crippen MR) is 75.6 cm³/mol.